The first kappa shape index (κ1) is 16.5. The molecule has 1 aromatic carbocycles. The molecule has 0 aliphatic carbocycles. The van der Waals surface area contributed by atoms with Crippen molar-refractivity contribution in [3.63, 3.8) is 0 Å². The molecule has 0 unspecified atom stereocenters. The number of carboxylic acids is 1. The summed E-state index contributed by atoms with van der Waals surface area (Å²) in [5.74, 6) is 0.0551. The number of nitrogens with zero attached hydrogens (tertiary/aromatic N) is 1. The lowest BCUT2D eigenvalue weighted by atomic mass is 10.3. The summed E-state index contributed by atoms with van der Waals surface area (Å²) in [6.45, 7) is 2.74. The first-order valence-corrected chi connectivity index (χ1v) is 6.95. The summed E-state index contributed by atoms with van der Waals surface area (Å²) in [6.07, 6.45) is 1.63. The van der Waals surface area contributed by atoms with Crippen LogP contribution >= 0.6 is 0 Å². The van der Waals surface area contributed by atoms with Gasteiger partial charge >= 0.3 is 5.97 Å². The molecule has 0 heterocycles. The lowest BCUT2D eigenvalue weighted by molar-refractivity contribution is -0.137. The van der Waals surface area contributed by atoms with E-state index in [1.165, 1.54) is 0 Å². The summed E-state index contributed by atoms with van der Waals surface area (Å²) >= 11 is 0. The lowest BCUT2D eigenvalue weighted by Gasteiger charge is -2.21. The van der Waals surface area contributed by atoms with E-state index in [9.17, 15) is 4.79 Å². The molecule has 2 N–H and O–H groups in total. The first-order chi connectivity index (χ1) is 9.72. The first-order valence-electron chi connectivity index (χ1n) is 6.95. The van der Waals surface area contributed by atoms with Crippen LogP contribution in [0, 0.1) is 0 Å². The summed E-state index contributed by atoms with van der Waals surface area (Å²) < 4.78 is 5.59. The van der Waals surface area contributed by atoms with Gasteiger partial charge in [0.2, 0.25) is 0 Å². The average Bonchev–Trinajstić information content (AvgIpc) is 2.46. The number of hydrogen-bond acceptors (Lipinski definition) is 4. The van der Waals surface area contributed by atoms with E-state index in [4.69, 9.17) is 14.9 Å². The molecule has 20 heavy (non-hydrogen) atoms. The van der Waals surface area contributed by atoms with Gasteiger partial charge in [0.05, 0.1) is 13.0 Å². The Morgan fingerprint density at radius 1 is 1.10 bits per heavy atom. The zero-order valence-corrected chi connectivity index (χ0v) is 11.7. The summed E-state index contributed by atoms with van der Waals surface area (Å²) in [5, 5.41) is 17.6. The normalized spacial score (nSPS) is 10.7. The second-order valence-electron chi connectivity index (χ2n) is 4.58. The van der Waals surface area contributed by atoms with Crippen molar-refractivity contribution in [3.05, 3.63) is 30.3 Å². The second-order valence-corrected chi connectivity index (χ2v) is 4.58. The van der Waals surface area contributed by atoms with E-state index in [1.54, 1.807) is 0 Å². The van der Waals surface area contributed by atoms with Gasteiger partial charge in [-0.2, -0.15) is 0 Å². The van der Waals surface area contributed by atoms with Gasteiger partial charge in [0.25, 0.3) is 0 Å². The smallest absolute Gasteiger partial charge is 0.304 e. The van der Waals surface area contributed by atoms with E-state index in [2.05, 4.69) is 4.90 Å². The largest absolute Gasteiger partial charge is 0.494 e. The minimum absolute atomic E-state index is 0.129. The van der Waals surface area contributed by atoms with Gasteiger partial charge in [-0.05, 0) is 25.0 Å². The van der Waals surface area contributed by atoms with Crippen LogP contribution in [0.5, 0.6) is 5.75 Å². The maximum atomic E-state index is 10.6. The van der Waals surface area contributed by atoms with Crippen LogP contribution in [0.2, 0.25) is 0 Å². The Balaban J connectivity index is 2.21. The van der Waals surface area contributed by atoms with Crippen molar-refractivity contribution in [3.8, 4) is 5.75 Å². The van der Waals surface area contributed by atoms with E-state index in [1.807, 2.05) is 30.3 Å². The highest BCUT2D eigenvalue weighted by Crippen LogP contribution is 2.08. The number of hydrogen-bond donors (Lipinski definition) is 2. The quantitative estimate of drug-likeness (QED) is 0.603. The van der Waals surface area contributed by atoms with Crippen molar-refractivity contribution in [2.45, 2.75) is 19.3 Å². The third kappa shape index (κ3) is 7.76. The van der Waals surface area contributed by atoms with Gasteiger partial charge in [-0.3, -0.25) is 4.79 Å². The minimum atomic E-state index is -0.792. The molecule has 0 aromatic heterocycles. The van der Waals surface area contributed by atoms with Gasteiger partial charge in [-0.15, -0.1) is 0 Å². The Morgan fingerprint density at radius 3 is 2.45 bits per heavy atom. The summed E-state index contributed by atoms with van der Waals surface area (Å²) in [4.78, 5) is 12.6. The second kappa shape index (κ2) is 10.2. The number of aliphatic carboxylic acids is 1. The Hall–Kier alpha value is -1.59. The van der Waals surface area contributed by atoms with Crippen molar-refractivity contribution >= 4 is 5.97 Å². The highest BCUT2D eigenvalue weighted by atomic mass is 16.5. The van der Waals surface area contributed by atoms with Crippen molar-refractivity contribution < 1.29 is 19.7 Å². The number of ether oxygens (including phenoxy) is 1. The fourth-order valence-corrected chi connectivity index (χ4v) is 1.88. The molecule has 5 heteroatoms. The SMILES string of the molecule is O=C(O)CCN(CCCO)CCCOc1ccccc1. The summed E-state index contributed by atoms with van der Waals surface area (Å²) in [7, 11) is 0. The topological polar surface area (TPSA) is 70.0 Å². The molecular weight excluding hydrogens is 258 g/mol. The number of carbonyl (C=O) groups is 1. The maximum absolute atomic E-state index is 10.6. The van der Waals surface area contributed by atoms with Crippen molar-refractivity contribution in [2.75, 3.05) is 32.8 Å². The van der Waals surface area contributed by atoms with E-state index >= 15 is 0 Å². The third-order valence-electron chi connectivity index (χ3n) is 2.90. The molecule has 1 rings (SSSR count). The van der Waals surface area contributed by atoms with E-state index in [0.29, 0.717) is 19.6 Å². The zero-order valence-electron chi connectivity index (χ0n) is 11.7. The molecule has 1 aromatic rings. The highest BCUT2D eigenvalue weighted by Gasteiger charge is 2.07. The average molecular weight is 281 g/mol. The molecule has 112 valence electrons. The van der Waals surface area contributed by atoms with E-state index < -0.39 is 5.97 Å². The predicted molar refractivity (Wildman–Crippen MR) is 76.9 cm³/mol. The molecule has 0 spiro atoms. The van der Waals surface area contributed by atoms with Gasteiger partial charge in [0.15, 0.2) is 0 Å². The molecule has 0 fully saturated rings. The van der Waals surface area contributed by atoms with Gasteiger partial charge in [-0.25, -0.2) is 0 Å². The predicted octanol–water partition coefficient (Wildman–Crippen LogP) is 1.61. The van der Waals surface area contributed by atoms with Crippen LogP contribution in [0.15, 0.2) is 30.3 Å². The van der Waals surface area contributed by atoms with Crippen LogP contribution < -0.4 is 4.74 Å². The molecular formula is C15H23NO4. The molecule has 0 bridgehead atoms. The van der Waals surface area contributed by atoms with Crippen molar-refractivity contribution in [1.29, 1.82) is 0 Å². The van der Waals surface area contributed by atoms with Crippen LogP contribution in [0.4, 0.5) is 0 Å². The Morgan fingerprint density at radius 2 is 1.80 bits per heavy atom. The van der Waals surface area contributed by atoms with Gasteiger partial charge in [0.1, 0.15) is 5.75 Å². The van der Waals surface area contributed by atoms with Crippen molar-refractivity contribution in [1.82, 2.24) is 4.90 Å². The minimum Gasteiger partial charge on any atom is -0.494 e. The highest BCUT2D eigenvalue weighted by molar-refractivity contribution is 5.66. The number of aliphatic hydroxyl groups is 1. The van der Waals surface area contributed by atoms with E-state index in [-0.39, 0.29) is 13.0 Å². The van der Waals surface area contributed by atoms with Gasteiger partial charge in [-0.1, -0.05) is 18.2 Å². The van der Waals surface area contributed by atoms with Crippen LogP contribution in [-0.2, 0) is 4.79 Å². The Labute approximate surface area is 119 Å². The number of rotatable bonds is 11. The molecule has 0 atom stereocenters. The van der Waals surface area contributed by atoms with Crippen LogP contribution in [0.3, 0.4) is 0 Å². The maximum Gasteiger partial charge on any atom is 0.304 e. The molecule has 0 saturated heterocycles. The summed E-state index contributed by atoms with van der Waals surface area (Å²) in [6, 6.07) is 9.61. The molecule has 5 nitrogen and oxygen atoms in total. The van der Waals surface area contributed by atoms with Gasteiger partial charge in [0, 0.05) is 26.2 Å². The Bertz CT molecular complexity index is 369. The molecule has 0 radical (unpaired) electrons. The molecule has 0 saturated carbocycles. The summed E-state index contributed by atoms with van der Waals surface area (Å²) in [5.41, 5.74) is 0. The molecule has 0 amide bonds. The third-order valence-corrected chi connectivity index (χ3v) is 2.90. The number of carboxylic acid groups (broad SMARTS) is 1. The van der Waals surface area contributed by atoms with Crippen LogP contribution in [-0.4, -0.2) is 53.9 Å². The monoisotopic (exact) mass is 281 g/mol. The fourth-order valence-electron chi connectivity index (χ4n) is 1.88. The number of para-hydroxylation sites is 1. The standard InChI is InChI=1S/C15H23NO4/c17-12-4-9-16(11-8-15(18)19)10-5-13-20-14-6-2-1-3-7-14/h1-3,6-7,17H,4-5,8-13H2,(H,18,19). The Kier molecular flexibility index (Phi) is 8.42. The van der Waals surface area contributed by atoms with E-state index in [0.717, 1.165) is 25.3 Å². The van der Waals surface area contributed by atoms with Crippen LogP contribution in [0.25, 0.3) is 0 Å². The fraction of sp³-hybridized carbons (Fsp3) is 0.533. The number of benzene rings is 1. The number of aliphatic hydroxyl groups excluding tert-OH is 1. The molecule has 0 aliphatic rings. The zero-order chi connectivity index (χ0) is 14.6. The van der Waals surface area contributed by atoms with Crippen LogP contribution in [0.1, 0.15) is 19.3 Å². The molecule has 0 aliphatic heterocycles. The lowest BCUT2D eigenvalue weighted by Crippen LogP contribution is -2.30. The van der Waals surface area contributed by atoms with Gasteiger partial charge < -0.3 is 19.8 Å². The van der Waals surface area contributed by atoms with Crippen molar-refractivity contribution in [2.24, 2.45) is 0 Å².